The third-order valence-electron chi connectivity index (χ3n) is 2.82. The van der Waals surface area contributed by atoms with Gasteiger partial charge in [0.15, 0.2) is 11.5 Å². The maximum absolute atomic E-state index is 11.1. The number of hydrogen-bond acceptors (Lipinski definition) is 4. The van der Waals surface area contributed by atoms with Crippen LogP contribution >= 0.6 is 0 Å². The molecule has 112 valence electrons. The van der Waals surface area contributed by atoms with Crippen LogP contribution in [0.1, 0.15) is 25.8 Å². The molecule has 5 nitrogen and oxygen atoms in total. The van der Waals surface area contributed by atoms with E-state index in [-0.39, 0.29) is 6.04 Å². The molecule has 0 bridgehead atoms. The third-order valence-corrected chi connectivity index (χ3v) is 2.82. The van der Waals surface area contributed by atoms with E-state index >= 15 is 0 Å². The summed E-state index contributed by atoms with van der Waals surface area (Å²) in [5.41, 5.74) is 1.08. The first-order valence-corrected chi connectivity index (χ1v) is 6.70. The summed E-state index contributed by atoms with van der Waals surface area (Å²) < 4.78 is 10.9. The SMILES string of the molecule is COc1cc(C)ccc1OCCC(NC(C)C)C(=O)O. The number of benzene rings is 1. The molecular weight excluding hydrogens is 258 g/mol. The van der Waals surface area contributed by atoms with E-state index < -0.39 is 12.0 Å². The van der Waals surface area contributed by atoms with Gasteiger partial charge >= 0.3 is 5.97 Å². The molecule has 0 saturated carbocycles. The van der Waals surface area contributed by atoms with E-state index in [1.165, 1.54) is 0 Å². The summed E-state index contributed by atoms with van der Waals surface area (Å²) in [5.74, 6) is 0.429. The molecule has 0 radical (unpaired) electrons. The van der Waals surface area contributed by atoms with Crippen molar-refractivity contribution in [2.75, 3.05) is 13.7 Å². The van der Waals surface area contributed by atoms with Crippen molar-refractivity contribution < 1.29 is 19.4 Å². The first kappa shape index (κ1) is 16.3. The summed E-state index contributed by atoms with van der Waals surface area (Å²) in [6.07, 6.45) is 0.393. The lowest BCUT2D eigenvalue weighted by Gasteiger charge is -2.18. The van der Waals surface area contributed by atoms with Crippen LogP contribution in [0.4, 0.5) is 0 Å². The summed E-state index contributed by atoms with van der Waals surface area (Å²) in [6.45, 7) is 6.12. The molecule has 2 N–H and O–H groups in total. The first-order valence-electron chi connectivity index (χ1n) is 6.70. The number of aryl methyl sites for hydroxylation is 1. The van der Waals surface area contributed by atoms with Crippen LogP contribution in [-0.4, -0.2) is 36.9 Å². The van der Waals surface area contributed by atoms with E-state index in [0.717, 1.165) is 5.56 Å². The van der Waals surface area contributed by atoms with Crippen LogP contribution in [0.5, 0.6) is 11.5 Å². The number of carboxylic acid groups (broad SMARTS) is 1. The smallest absolute Gasteiger partial charge is 0.320 e. The molecule has 0 saturated heterocycles. The summed E-state index contributed by atoms with van der Waals surface area (Å²) in [6, 6.07) is 5.16. The molecule has 1 aromatic carbocycles. The van der Waals surface area contributed by atoms with Gasteiger partial charge in [0.2, 0.25) is 0 Å². The molecular formula is C15H23NO4. The fraction of sp³-hybridized carbons (Fsp3) is 0.533. The van der Waals surface area contributed by atoms with Gasteiger partial charge < -0.3 is 19.9 Å². The van der Waals surface area contributed by atoms with Crippen molar-refractivity contribution >= 4 is 5.97 Å². The number of ether oxygens (including phenoxy) is 2. The fourth-order valence-electron chi connectivity index (χ4n) is 1.86. The molecule has 0 aliphatic heterocycles. The topological polar surface area (TPSA) is 67.8 Å². The Hall–Kier alpha value is -1.75. The Balaban J connectivity index is 2.56. The Labute approximate surface area is 119 Å². The van der Waals surface area contributed by atoms with Gasteiger partial charge in [-0.2, -0.15) is 0 Å². The highest BCUT2D eigenvalue weighted by atomic mass is 16.5. The van der Waals surface area contributed by atoms with Crippen molar-refractivity contribution in [1.29, 1.82) is 0 Å². The van der Waals surface area contributed by atoms with Gasteiger partial charge in [-0.1, -0.05) is 19.9 Å². The zero-order chi connectivity index (χ0) is 15.1. The second-order valence-corrected chi connectivity index (χ2v) is 5.00. The van der Waals surface area contributed by atoms with Gasteiger partial charge in [0.05, 0.1) is 13.7 Å². The predicted octanol–water partition coefficient (Wildman–Crippen LogP) is 2.22. The number of aliphatic carboxylic acids is 1. The lowest BCUT2D eigenvalue weighted by Crippen LogP contribution is -2.41. The summed E-state index contributed by atoms with van der Waals surface area (Å²) in [5, 5.41) is 12.1. The van der Waals surface area contributed by atoms with Crippen LogP contribution in [0.2, 0.25) is 0 Å². The van der Waals surface area contributed by atoms with E-state index in [4.69, 9.17) is 14.6 Å². The highest BCUT2D eigenvalue weighted by Gasteiger charge is 2.18. The number of nitrogens with one attached hydrogen (secondary N) is 1. The minimum absolute atomic E-state index is 0.116. The largest absolute Gasteiger partial charge is 0.493 e. The molecule has 0 aliphatic rings. The van der Waals surface area contributed by atoms with Crippen LogP contribution in [0, 0.1) is 6.92 Å². The molecule has 0 aliphatic carbocycles. The first-order chi connectivity index (χ1) is 9.43. The summed E-state index contributed by atoms with van der Waals surface area (Å²) in [4.78, 5) is 11.1. The molecule has 1 unspecified atom stereocenters. The van der Waals surface area contributed by atoms with Gasteiger partial charge in [-0.15, -0.1) is 0 Å². The van der Waals surface area contributed by atoms with Crippen molar-refractivity contribution in [2.24, 2.45) is 0 Å². The zero-order valence-corrected chi connectivity index (χ0v) is 12.5. The second-order valence-electron chi connectivity index (χ2n) is 5.00. The molecule has 0 spiro atoms. The van der Waals surface area contributed by atoms with Crippen molar-refractivity contribution in [3.05, 3.63) is 23.8 Å². The second kappa shape index (κ2) is 7.75. The van der Waals surface area contributed by atoms with Gasteiger partial charge in [-0.3, -0.25) is 4.79 Å². The van der Waals surface area contributed by atoms with E-state index in [1.807, 2.05) is 39.0 Å². The molecule has 1 aromatic rings. The quantitative estimate of drug-likeness (QED) is 0.764. The predicted molar refractivity (Wildman–Crippen MR) is 77.5 cm³/mol. The highest BCUT2D eigenvalue weighted by molar-refractivity contribution is 5.73. The molecule has 0 amide bonds. The van der Waals surface area contributed by atoms with Gasteiger partial charge in [-0.25, -0.2) is 0 Å². The molecule has 20 heavy (non-hydrogen) atoms. The number of carbonyl (C=O) groups is 1. The Morgan fingerprint density at radius 2 is 2.05 bits per heavy atom. The average Bonchev–Trinajstić information content (AvgIpc) is 2.38. The van der Waals surface area contributed by atoms with E-state index in [0.29, 0.717) is 24.5 Å². The molecule has 5 heteroatoms. The number of carboxylic acids is 1. The normalized spacial score (nSPS) is 12.2. The van der Waals surface area contributed by atoms with Crippen LogP contribution < -0.4 is 14.8 Å². The minimum atomic E-state index is -0.863. The van der Waals surface area contributed by atoms with Crippen molar-refractivity contribution in [1.82, 2.24) is 5.32 Å². The van der Waals surface area contributed by atoms with E-state index in [9.17, 15) is 4.79 Å². The fourth-order valence-corrected chi connectivity index (χ4v) is 1.86. The van der Waals surface area contributed by atoms with Crippen LogP contribution in [0.15, 0.2) is 18.2 Å². The summed E-state index contributed by atoms with van der Waals surface area (Å²) in [7, 11) is 1.59. The number of hydrogen-bond donors (Lipinski definition) is 2. The van der Waals surface area contributed by atoms with Crippen LogP contribution in [0.25, 0.3) is 0 Å². The maximum atomic E-state index is 11.1. The third kappa shape index (κ3) is 5.09. The van der Waals surface area contributed by atoms with Crippen LogP contribution in [0.3, 0.4) is 0 Å². The minimum Gasteiger partial charge on any atom is -0.493 e. The Morgan fingerprint density at radius 1 is 1.35 bits per heavy atom. The van der Waals surface area contributed by atoms with E-state index in [2.05, 4.69) is 5.32 Å². The van der Waals surface area contributed by atoms with Gasteiger partial charge in [0.1, 0.15) is 6.04 Å². The Kier molecular flexibility index (Phi) is 6.31. The molecule has 0 heterocycles. The monoisotopic (exact) mass is 281 g/mol. The van der Waals surface area contributed by atoms with Crippen LogP contribution in [-0.2, 0) is 4.79 Å². The molecule has 1 rings (SSSR count). The highest BCUT2D eigenvalue weighted by Crippen LogP contribution is 2.27. The molecule has 0 aromatic heterocycles. The molecule has 1 atom stereocenters. The molecule has 0 fully saturated rings. The van der Waals surface area contributed by atoms with Crippen molar-refractivity contribution in [3.63, 3.8) is 0 Å². The Bertz CT molecular complexity index is 445. The Morgan fingerprint density at radius 3 is 2.60 bits per heavy atom. The van der Waals surface area contributed by atoms with E-state index in [1.54, 1.807) is 7.11 Å². The lowest BCUT2D eigenvalue weighted by atomic mass is 10.2. The lowest BCUT2D eigenvalue weighted by molar-refractivity contribution is -0.140. The zero-order valence-electron chi connectivity index (χ0n) is 12.5. The average molecular weight is 281 g/mol. The van der Waals surface area contributed by atoms with Gasteiger partial charge in [0, 0.05) is 12.5 Å². The van der Waals surface area contributed by atoms with Crippen molar-refractivity contribution in [3.8, 4) is 11.5 Å². The number of methoxy groups -OCH3 is 1. The van der Waals surface area contributed by atoms with Gasteiger partial charge in [0.25, 0.3) is 0 Å². The summed E-state index contributed by atoms with van der Waals surface area (Å²) >= 11 is 0. The van der Waals surface area contributed by atoms with Crippen molar-refractivity contribution in [2.45, 2.75) is 39.3 Å². The number of rotatable bonds is 8. The maximum Gasteiger partial charge on any atom is 0.320 e. The van der Waals surface area contributed by atoms with Gasteiger partial charge in [-0.05, 0) is 24.6 Å². The standard InChI is InChI=1S/C15H23NO4/c1-10(2)16-12(15(17)18)7-8-20-13-6-5-11(3)9-14(13)19-4/h5-6,9-10,12,16H,7-8H2,1-4H3,(H,17,18).